The summed E-state index contributed by atoms with van der Waals surface area (Å²) in [6, 6.07) is 1.41. The zero-order valence-corrected chi connectivity index (χ0v) is 11.9. The first-order chi connectivity index (χ1) is 7.82. The second-order valence-electron chi connectivity index (χ2n) is 5.69. The lowest BCUT2D eigenvalue weighted by atomic mass is 9.84. The predicted molar refractivity (Wildman–Crippen MR) is 71.5 cm³/mol. The molecule has 0 saturated heterocycles. The molecule has 0 aromatic heterocycles. The molecule has 0 N–H and O–H groups in total. The highest BCUT2D eigenvalue weighted by Gasteiger charge is 2.31. The van der Waals surface area contributed by atoms with Gasteiger partial charge in [-0.2, -0.15) is 0 Å². The molecule has 0 heterocycles. The van der Waals surface area contributed by atoms with E-state index in [1.165, 1.54) is 6.07 Å². The van der Waals surface area contributed by atoms with Crippen LogP contribution in [0.25, 0.3) is 0 Å². The molecule has 0 saturated carbocycles. The summed E-state index contributed by atoms with van der Waals surface area (Å²) in [5.74, 6) is -0.251. The van der Waals surface area contributed by atoms with Gasteiger partial charge in [-0.15, -0.1) is 11.6 Å². The van der Waals surface area contributed by atoms with Gasteiger partial charge in [0.15, 0.2) is 0 Å². The van der Waals surface area contributed by atoms with E-state index in [0.29, 0.717) is 10.6 Å². The Labute approximate surface area is 112 Å². The number of halogens is 3. The molecular weight excluding hydrogens is 258 g/mol. The Morgan fingerprint density at radius 3 is 2.71 bits per heavy atom. The van der Waals surface area contributed by atoms with Crippen LogP contribution in [0.5, 0.6) is 0 Å². The van der Waals surface area contributed by atoms with Crippen molar-refractivity contribution in [3.63, 3.8) is 0 Å². The molecule has 3 heteroatoms. The molecule has 1 aliphatic rings. The molecule has 1 atom stereocenters. The van der Waals surface area contributed by atoms with E-state index in [0.717, 1.165) is 30.4 Å². The van der Waals surface area contributed by atoms with Crippen LogP contribution in [0, 0.1) is 18.2 Å². The first-order valence-electron chi connectivity index (χ1n) is 5.93. The fourth-order valence-corrected chi connectivity index (χ4v) is 3.63. The highest BCUT2D eigenvalue weighted by atomic mass is 35.5. The van der Waals surface area contributed by atoms with Crippen molar-refractivity contribution in [2.24, 2.45) is 5.41 Å². The molecule has 1 unspecified atom stereocenters. The molecule has 0 amide bonds. The van der Waals surface area contributed by atoms with Crippen LogP contribution in [0.2, 0.25) is 5.02 Å². The Morgan fingerprint density at radius 2 is 2.06 bits per heavy atom. The van der Waals surface area contributed by atoms with Crippen molar-refractivity contribution < 1.29 is 4.39 Å². The summed E-state index contributed by atoms with van der Waals surface area (Å²) in [6.45, 7) is 6.19. The number of fused-ring (bicyclic) bond motifs is 1. The molecule has 0 radical (unpaired) electrons. The summed E-state index contributed by atoms with van der Waals surface area (Å²) in [5, 5.41) is 0.377. The van der Waals surface area contributed by atoms with Crippen LogP contribution in [0.4, 0.5) is 4.39 Å². The zero-order valence-electron chi connectivity index (χ0n) is 10.4. The fourth-order valence-electron chi connectivity index (χ4n) is 2.62. The summed E-state index contributed by atoms with van der Waals surface area (Å²) in [5.41, 5.74) is 2.79. The van der Waals surface area contributed by atoms with Crippen molar-refractivity contribution in [2.45, 2.75) is 45.4 Å². The Morgan fingerprint density at radius 1 is 1.41 bits per heavy atom. The van der Waals surface area contributed by atoms with Crippen LogP contribution in [0.3, 0.4) is 0 Å². The summed E-state index contributed by atoms with van der Waals surface area (Å²) >= 11 is 12.6. The highest BCUT2D eigenvalue weighted by molar-refractivity contribution is 6.31. The van der Waals surface area contributed by atoms with Gasteiger partial charge in [0.05, 0.1) is 5.38 Å². The molecule has 17 heavy (non-hydrogen) atoms. The quantitative estimate of drug-likeness (QED) is 0.437. The monoisotopic (exact) mass is 274 g/mol. The third-order valence-electron chi connectivity index (χ3n) is 3.73. The number of alkyl halides is 1. The minimum absolute atomic E-state index is 0.143. The van der Waals surface area contributed by atoms with Crippen LogP contribution in [0.15, 0.2) is 6.07 Å². The van der Waals surface area contributed by atoms with Gasteiger partial charge in [0.1, 0.15) is 5.82 Å². The van der Waals surface area contributed by atoms with Crippen molar-refractivity contribution >= 4 is 23.2 Å². The summed E-state index contributed by atoms with van der Waals surface area (Å²) < 4.78 is 13.7. The van der Waals surface area contributed by atoms with E-state index in [2.05, 4.69) is 13.8 Å². The SMILES string of the molecule is Cc1c(F)cc(Cl)c2c1C(Cl)CC(C)(C)CC2. The van der Waals surface area contributed by atoms with Crippen LogP contribution in [-0.4, -0.2) is 0 Å². The molecular formula is C14H17Cl2F. The topological polar surface area (TPSA) is 0 Å². The van der Waals surface area contributed by atoms with Gasteiger partial charge >= 0.3 is 0 Å². The molecule has 1 aliphatic carbocycles. The summed E-state index contributed by atoms with van der Waals surface area (Å²) in [7, 11) is 0. The summed E-state index contributed by atoms with van der Waals surface area (Å²) in [4.78, 5) is 0. The molecule has 0 fully saturated rings. The van der Waals surface area contributed by atoms with Gasteiger partial charge in [-0.1, -0.05) is 25.4 Å². The molecule has 94 valence electrons. The van der Waals surface area contributed by atoms with Gasteiger partial charge in [-0.05, 0) is 54.4 Å². The first kappa shape index (κ1) is 13.2. The molecule has 0 bridgehead atoms. The smallest absolute Gasteiger partial charge is 0.127 e. The maximum Gasteiger partial charge on any atom is 0.127 e. The van der Waals surface area contributed by atoms with Crippen LogP contribution in [0.1, 0.15) is 48.8 Å². The Balaban J connectivity index is 2.59. The summed E-state index contributed by atoms with van der Waals surface area (Å²) in [6.07, 6.45) is 2.78. The molecule has 0 spiro atoms. The van der Waals surface area contributed by atoms with E-state index in [-0.39, 0.29) is 16.6 Å². The maximum absolute atomic E-state index is 13.7. The van der Waals surface area contributed by atoms with Crippen molar-refractivity contribution in [3.8, 4) is 0 Å². The van der Waals surface area contributed by atoms with Gasteiger partial charge in [-0.25, -0.2) is 4.39 Å². The average molecular weight is 275 g/mol. The number of rotatable bonds is 0. The van der Waals surface area contributed by atoms with Gasteiger partial charge in [0.2, 0.25) is 0 Å². The third kappa shape index (κ3) is 2.46. The minimum Gasteiger partial charge on any atom is -0.207 e. The van der Waals surface area contributed by atoms with Crippen LogP contribution in [-0.2, 0) is 6.42 Å². The van der Waals surface area contributed by atoms with E-state index in [1.807, 2.05) is 0 Å². The van der Waals surface area contributed by atoms with Gasteiger partial charge < -0.3 is 0 Å². The molecule has 1 aromatic rings. The second-order valence-corrected chi connectivity index (χ2v) is 6.63. The lowest BCUT2D eigenvalue weighted by Crippen LogP contribution is -2.12. The highest BCUT2D eigenvalue weighted by Crippen LogP contribution is 2.45. The Hall–Kier alpha value is -0.270. The number of hydrogen-bond acceptors (Lipinski definition) is 0. The normalized spacial score (nSPS) is 23.1. The zero-order chi connectivity index (χ0) is 12.8. The minimum atomic E-state index is -0.251. The van der Waals surface area contributed by atoms with Crippen molar-refractivity contribution in [1.82, 2.24) is 0 Å². The van der Waals surface area contributed by atoms with E-state index in [1.54, 1.807) is 6.92 Å². The Bertz CT molecular complexity index is 452. The number of benzene rings is 1. The van der Waals surface area contributed by atoms with Crippen molar-refractivity contribution in [1.29, 1.82) is 0 Å². The largest absolute Gasteiger partial charge is 0.207 e. The predicted octanol–water partition coefficient (Wildman–Crippen LogP) is 5.43. The lowest BCUT2D eigenvalue weighted by molar-refractivity contribution is 0.313. The van der Waals surface area contributed by atoms with E-state index >= 15 is 0 Å². The molecule has 0 nitrogen and oxygen atoms in total. The molecule has 0 aliphatic heterocycles. The van der Waals surface area contributed by atoms with Gasteiger partial charge in [-0.3, -0.25) is 0 Å². The standard InChI is InChI=1S/C14H17Cl2F/c1-8-12(17)6-10(15)9-4-5-14(2,3)7-11(16)13(8)9/h6,11H,4-5,7H2,1-3H3. The first-order valence-corrected chi connectivity index (χ1v) is 6.75. The van der Waals surface area contributed by atoms with E-state index in [9.17, 15) is 4.39 Å². The van der Waals surface area contributed by atoms with Crippen LogP contribution < -0.4 is 0 Å². The fraction of sp³-hybridized carbons (Fsp3) is 0.571. The van der Waals surface area contributed by atoms with Gasteiger partial charge in [0.25, 0.3) is 0 Å². The molecule has 1 aromatic carbocycles. The van der Waals surface area contributed by atoms with E-state index < -0.39 is 0 Å². The molecule has 2 rings (SSSR count). The van der Waals surface area contributed by atoms with Crippen molar-refractivity contribution in [3.05, 3.63) is 33.6 Å². The maximum atomic E-state index is 13.7. The van der Waals surface area contributed by atoms with Crippen LogP contribution >= 0.6 is 23.2 Å². The number of hydrogen-bond donors (Lipinski definition) is 0. The lowest BCUT2D eigenvalue weighted by Gasteiger charge is -2.24. The van der Waals surface area contributed by atoms with Crippen molar-refractivity contribution in [2.75, 3.05) is 0 Å². The third-order valence-corrected chi connectivity index (χ3v) is 4.44. The van der Waals surface area contributed by atoms with E-state index in [4.69, 9.17) is 23.2 Å². The van der Waals surface area contributed by atoms with Gasteiger partial charge in [0, 0.05) is 5.02 Å². The second kappa shape index (κ2) is 4.44. The average Bonchev–Trinajstić information content (AvgIpc) is 2.31. The Kier molecular flexibility index (Phi) is 3.44.